The first-order valence-corrected chi connectivity index (χ1v) is 26.4. The smallest absolute Gasteiger partial charge is 0.407 e. The number of esters is 3. The fraction of sp³-hybridized carbons (Fsp3) is 0.830. The van der Waals surface area contributed by atoms with Gasteiger partial charge in [-0.25, -0.2) is 4.79 Å². The summed E-state index contributed by atoms with van der Waals surface area (Å²) in [6, 6.07) is 0. The molecule has 1 N–H and O–H groups in total. The van der Waals surface area contributed by atoms with E-state index in [1.165, 1.54) is 12.8 Å². The number of nitrogens with zero attached hydrogens (tertiary/aromatic N) is 1. The van der Waals surface area contributed by atoms with Crippen molar-refractivity contribution in [2.75, 3.05) is 72.4 Å². The molecule has 1 aliphatic rings. The van der Waals surface area contributed by atoms with Crippen LogP contribution in [0.5, 0.6) is 0 Å². The number of likely N-dealkylation sites (tertiary alicyclic amines) is 1. The number of carbonyl (C=O) groups excluding carboxylic acids is 5. The zero-order chi connectivity index (χ0) is 48.9. The first-order chi connectivity index (χ1) is 32.7. The number of rotatable bonds is 46. The van der Waals surface area contributed by atoms with Crippen molar-refractivity contribution in [2.45, 2.75) is 201 Å². The summed E-state index contributed by atoms with van der Waals surface area (Å²) in [5.74, 6) is -1.10. The summed E-state index contributed by atoms with van der Waals surface area (Å²) in [7, 11) is 0. The van der Waals surface area contributed by atoms with Crippen LogP contribution in [-0.4, -0.2) is 114 Å². The first kappa shape index (κ1) is 61.5. The maximum atomic E-state index is 13.3. The van der Waals surface area contributed by atoms with E-state index in [1.807, 2.05) is 0 Å². The maximum Gasteiger partial charge on any atom is 0.407 e. The van der Waals surface area contributed by atoms with Crippen LogP contribution in [-0.2, 0) is 52.3 Å². The molecule has 0 aromatic carbocycles. The number of hydrogen-bond donors (Lipinski definition) is 1. The van der Waals surface area contributed by atoms with Gasteiger partial charge in [-0.2, -0.15) is 0 Å². The van der Waals surface area contributed by atoms with E-state index in [2.05, 4.69) is 62.2 Å². The molecule has 67 heavy (non-hydrogen) atoms. The SMILES string of the molecule is CC/C=C\CCCCOC(CCC(=O)OCC(COC=O)(COC(=O)CCCCCCCOC(=O)C(CCCC)CCCCCC)COC(=O)NCCN1CCCC1)OCCCC/C=C\CC. The summed E-state index contributed by atoms with van der Waals surface area (Å²) < 4.78 is 40.0. The third-order valence-electron chi connectivity index (χ3n) is 11.9. The predicted molar refractivity (Wildman–Crippen MR) is 263 cm³/mol. The first-order valence-electron chi connectivity index (χ1n) is 26.4. The summed E-state index contributed by atoms with van der Waals surface area (Å²) in [5.41, 5.74) is -1.36. The summed E-state index contributed by atoms with van der Waals surface area (Å²) in [6.07, 6.45) is 30.1. The molecular formula is C53H94N2O12. The van der Waals surface area contributed by atoms with E-state index >= 15 is 0 Å². The second kappa shape index (κ2) is 43.8. The zero-order valence-electron chi connectivity index (χ0n) is 42.6. The lowest BCUT2D eigenvalue weighted by molar-refractivity contribution is -0.167. The van der Waals surface area contributed by atoms with Crippen molar-refractivity contribution in [1.29, 1.82) is 0 Å². The maximum absolute atomic E-state index is 13.3. The van der Waals surface area contributed by atoms with Gasteiger partial charge in [0.15, 0.2) is 6.29 Å². The molecule has 0 saturated carbocycles. The van der Waals surface area contributed by atoms with Gasteiger partial charge in [-0.1, -0.05) is 110 Å². The monoisotopic (exact) mass is 951 g/mol. The average Bonchev–Trinajstić information content (AvgIpc) is 3.86. The molecule has 0 bridgehead atoms. The number of amides is 1. The standard InChI is InChI=1S/C53H94N2O12/c1-5-9-13-16-20-27-39-62-50(63-40-28-21-17-14-10-6-2)34-33-49(58)66-44-53(42-61-46-56,45-67-52(60)54-35-38-55-36-25-26-37-55)43-65-48(57)32-24-19-18-22-29-41-64-51(59)47(30-12-8-4)31-23-15-11-7-3/h9-10,13-14,46-47,50H,5-8,11-12,15-45H2,1-4H3,(H,54,60)/b13-9-,14-10-. The molecule has 1 heterocycles. The lowest BCUT2D eigenvalue weighted by Crippen LogP contribution is -2.44. The van der Waals surface area contributed by atoms with Crippen molar-refractivity contribution < 1.29 is 57.1 Å². The summed E-state index contributed by atoms with van der Waals surface area (Å²) >= 11 is 0. The number of hydrogen-bond acceptors (Lipinski definition) is 13. The van der Waals surface area contributed by atoms with Crippen LogP contribution in [0.25, 0.3) is 0 Å². The third-order valence-corrected chi connectivity index (χ3v) is 11.9. The summed E-state index contributed by atoms with van der Waals surface area (Å²) in [5, 5.41) is 2.76. The molecule has 2 unspecified atom stereocenters. The quantitative estimate of drug-likeness (QED) is 0.0153. The molecule has 0 spiro atoms. The van der Waals surface area contributed by atoms with Crippen LogP contribution in [0.15, 0.2) is 24.3 Å². The highest BCUT2D eigenvalue weighted by molar-refractivity contribution is 5.72. The van der Waals surface area contributed by atoms with Gasteiger partial charge in [0.2, 0.25) is 0 Å². The minimum absolute atomic E-state index is 0.00751. The Morgan fingerprint density at radius 2 is 1.15 bits per heavy atom. The van der Waals surface area contributed by atoms with Crippen LogP contribution < -0.4 is 5.32 Å². The van der Waals surface area contributed by atoms with Crippen molar-refractivity contribution in [3.05, 3.63) is 24.3 Å². The highest BCUT2D eigenvalue weighted by Gasteiger charge is 2.37. The van der Waals surface area contributed by atoms with Crippen molar-refractivity contribution in [2.24, 2.45) is 11.3 Å². The van der Waals surface area contributed by atoms with Crippen LogP contribution >= 0.6 is 0 Å². The van der Waals surface area contributed by atoms with Gasteiger partial charge in [0.1, 0.15) is 31.8 Å². The van der Waals surface area contributed by atoms with Crippen LogP contribution in [0.1, 0.15) is 195 Å². The van der Waals surface area contributed by atoms with E-state index < -0.39 is 29.7 Å². The summed E-state index contributed by atoms with van der Waals surface area (Å²) in [4.78, 5) is 65.6. The molecule has 14 heteroatoms. The molecule has 0 aliphatic carbocycles. The Hall–Kier alpha value is -3.49. The van der Waals surface area contributed by atoms with Crippen molar-refractivity contribution in [3.63, 3.8) is 0 Å². The van der Waals surface area contributed by atoms with Gasteiger partial charge in [-0.05, 0) is 103 Å². The highest BCUT2D eigenvalue weighted by atomic mass is 16.7. The van der Waals surface area contributed by atoms with Gasteiger partial charge in [0.25, 0.3) is 6.47 Å². The molecule has 1 amide bonds. The Morgan fingerprint density at radius 1 is 0.582 bits per heavy atom. The van der Waals surface area contributed by atoms with E-state index in [0.29, 0.717) is 39.3 Å². The largest absolute Gasteiger partial charge is 0.467 e. The fourth-order valence-corrected chi connectivity index (χ4v) is 7.68. The Morgan fingerprint density at radius 3 is 1.78 bits per heavy atom. The number of carbonyl (C=O) groups is 5. The minimum Gasteiger partial charge on any atom is -0.467 e. The molecule has 1 fully saturated rings. The Bertz CT molecular complexity index is 1280. The Kier molecular flexibility index (Phi) is 40.2. The van der Waals surface area contributed by atoms with Crippen molar-refractivity contribution in [1.82, 2.24) is 10.2 Å². The molecular weight excluding hydrogens is 857 g/mol. The van der Waals surface area contributed by atoms with Gasteiger partial charge in [0, 0.05) is 39.1 Å². The molecule has 0 aromatic rings. The van der Waals surface area contributed by atoms with Gasteiger partial charge >= 0.3 is 24.0 Å². The lowest BCUT2D eigenvalue weighted by atomic mass is 9.92. The third kappa shape index (κ3) is 35.3. The van der Waals surface area contributed by atoms with E-state index in [9.17, 15) is 24.0 Å². The van der Waals surface area contributed by atoms with Crippen LogP contribution in [0.3, 0.4) is 0 Å². The number of alkyl carbamates (subject to hydrolysis) is 1. The Balaban J connectivity index is 2.78. The van der Waals surface area contributed by atoms with Gasteiger partial charge in [-0.3, -0.25) is 19.2 Å². The number of ether oxygens (including phenoxy) is 7. The van der Waals surface area contributed by atoms with Crippen LogP contribution in [0, 0.1) is 11.3 Å². The number of unbranched alkanes of at least 4 members (excludes halogenated alkanes) is 12. The van der Waals surface area contributed by atoms with E-state index in [-0.39, 0.29) is 64.0 Å². The predicted octanol–water partition coefficient (Wildman–Crippen LogP) is 11.1. The van der Waals surface area contributed by atoms with Gasteiger partial charge in [-0.15, -0.1) is 0 Å². The summed E-state index contributed by atoms with van der Waals surface area (Å²) in [6.45, 7) is 12.0. The molecule has 1 aliphatic heterocycles. The molecule has 14 nitrogen and oxygen atoms in total. The van der Waals surface area contributed by atoms with E-state index in [1.54, 1.807) is 0 Å². The lowest BCUT2D eigenvalue weighted by Gasteiger charge is -2.31. The van der Waals surface area contributed by atoms with Gasteiger partial charge < -0.3 is 43.4 Å². The van der Waals surface area contributed by atoms with Crippen molar-refractivity contribution in [3.8, 4) is 0 Å². The second-order valence-electron chi connectivity index (χ2n) is 18.1. The van der Waals surface area contributed by atoms with Crippen molar-refractivity contribution >= 4 is 30.5 Å². The molecule has 0 radical (unpaired) electrons. The molecule has 0 aromatic heterocycles. The van der Waals surface area contributed by atoms with Gasteiger partial charge in [0.05, 0.1) is 18.9 Å². The molecule has 1 saturated heterocycles. The van der Waals surface area contributed by atoms with E-state index in [4.69, 9.17) is 33.2 Å². The fourth-order valence-electron chi connectivity index (χ4n) is 7.68. The Labute approximate surface area is 405 Å². The normalized spacial score (nSPS) is 14.3. The number of allylic oxidation sites excluding steroid dienone is 4. The zero-order valence-corrected chi connectivity index (χ0v) is 42.6. The second-order valence-corrected chi connectivity index (χ2v) is 18.1. The van der Waals surface area contributed by atoms with E-state index in [0.717, 1.165) is 142 Å². The topological polar surface area (TPSA) is 165 Å². The molecule has 388 valence electrons. The molecule has 2 atom stereocenters. The van der Waals surface area contributed by atoms with Crippen LogP contribution in [0.2, 0.25) is 0 Å². The minimum atomic E-state index is -1.36. The average molecular weight is 951 g/mol. The van der Waals surface area contributed by atoms with Crippen LogP contribution in [0.4, 0.5) is 4.79 Å². The highest BCUT2D eigenvalue weighted by Crippen LogP contribution is 2.23. The molecule has 1 rings (SSSR count). The number of nitrogens with one attached hydrogen (secondary N) is 1.